The van der Waals surface area contributed by atoms with Crippen LogP contribution in [0.5, 0.6) is 0 Å². The number of imide groups is 1. The molecular weight excluding hydrogens is 435 g/mol. The number of carbonyl (C=O) groups excluding carboxylic acids is 2. The quantitative estimate of drug-likeness (QED) is 0.506. The van der Waals surface area contributed by atoms with Crippen molar-refractivity contribution in [1.29, 1.82) is 0 Å². The molecule has 0 bridgehead atoms. The van der Waals surface area contributed by atoms with E-state index in [0.29, 0.717) is 17.3 Å². The van der Waals surface area contributed by atoms with E-state index < -0.39 is 6.04 Å². The number of rotatable bonds is 7. The first-order chi connectivity index (χ1) is 15.0. The van der Waals surface area contributed by atoms with E-state index in [1.54, 1.807) is 24.3 Å². The summed E-state index contributed by atoms with van der Waals surface area (Å²) >= 11 is 12.0. The second kappa shape index (κ2) is 10.0. The number of piperazine rings is 1. The number of carbonyl (C=O) groups is 2. The molecule has 6 nitrogen and oxygen atoms in total. The van der Waals surface area contributed by atoms with Crippen LogP contribution in [0.3, 0.4) is 0 Å². The first kappa shape index (κ1) is 22.1. The topological polar surface area (TPSA) is 55.9 Å². The number of hydrogen-bond donors (Lipinski definition) is 1. The van der Waals surface area contributed by atoms with E-state index in [0.717, 1.165) is 44.2 Å². The second-order valence-corrected chi connectivity index (χ2v) is 8.79. The third kappa shape index (κ3) is 5.39. The highest BCUT2D eigenvalue weighted by Crippen LogP contribution is 2.24. The number of anilines is 2. The van der Waals surface area contributed by atoms with Gasteiger partial charge in [-0.15, -0.1) is 0 Å². The van der Waals surface area contributed by atoms with Crippen molar-refractivity contribution in [2.24, 2.45) is 0 Å². The van der Waals surface area contributed by atoms with Crippen LogP contribution in [0.2, 0.25) is 10.0 Å². The highest BCUT2D eigenvalue weighted by Gasteiger charge is 2.39. The van der Waals surface area contributed by atoms with Crippen LogP contribution in [0.25, 0.3) is 0 Å². The van der Waals surface area contributed by atoms with Crippen LogP contribution in [0, 0.1) is 0 Å². The van der Waals surface area contributed by atoms with E-state index in [4.69, 9.17) is 23.2 Å². The number of nitrogens with zero attached hydrogens (tertiary/aromatic N) is 3. The van der Waals surface area contributed by atoms with Crippen LogP contribution in [0.15, 0.2) is 48.5 Å². The Morgan fingerprint density at radius 3 is 2.35 bits per heavy atom. The van der Waals surface area contributed by atoms with Gasteiger partial charge >= 0.3 is 0 Å². The molecule has 2 aromatic rings. The van der Waals surface area contributed by atoms with E-state index in [9.17, 15) is 9.59 Å². The van der Waals surface area contributed by atoms with E-state index >= 15 is 0 Å². The number of halogens is 2. The van der Waals surface area contributed by atoms with Crippen LogP contribution in [-0.2, 0) is 9.59 Å². The zero-order chi connectivity index (χ0) is 21.8. The van der Waals surface area contributed by atoms with Gasteiger partial charge in [-0.25, -0.2) is 4.90 Å². The summed E-state index contributed by atoms with van der Waals surface area (Å²) < 4.78 is 0. The van der Waals surface area contributed by atoms with Gasteiger partial charge in [0.1, 0.15) is 0 Å². The molecule has 0 aliphatic carbocycles. The van der Waals surface area contributed by atoms with Crippen molar-refractivity contribution in [1.82, 2.24) is 10.2 Å². The van der Waals surface area contributed by atoms with Crippen molar-refractivity contribution in [3.63, 3.8) is 0 Å². The first-order valence-corrected chi connectivity index (χ1v) is 11.4. The van der Waals surface area contributed by atoms with E-state index in [2.05, 4.69) is 21.2 Å². The third-order valence-electron chi connectivity index (χ3n) is 5.82. The summed E-state index contributed by atoms with van der Waals surface area (Å²) in [6.07, 6.45) is 1.12. The van der Waals surface area contributed by atoms with Gasteiger partial charge in [0.05, 0.1) is 18.2 Å². The molecule has 0 radical (unpaired) electrons. The summed E-state index contributed by atoms with van der Waals surface area (Å²) in [5, 5.41) is 4.60. The molecular formula is C23H26Cl2N4O2. The standard InChI is InChI=1S/C23H26Cl2N4O2/c24-17-5-7-19(8-6-17)29-22(30)16-21(23(29)31)26-9-2-10-27-11-13-28(14-12-27)20-4-1-3-18(25)15-20/h1,3-8,15,21,26H,2,9-14,16H2/t21-/m0/s1. The number of benzene rings is 2. The van der Waals surface area contributed by atoms with Gasteiger partial charge in [-0.1, -0.05) is 29.3 Å². The zero-order valence-corrected chi connectivity index (χ0v) is 18.8. The lowest BCUT2D eigenvalue weighted by Gasteiger charge is -2.36. The number of hydrogen-bond acceptors (Lipinski definition) is 5. The van der Waals surface area contributed by atoms with Crippen molar-refractivity contribution >= 4 is 46.4 Å². The van der Waals surface area contributed by atoms with Crippen molar-refractivity contribution in [2.45, 2.75) is 18.9 Å². The fourth-order valence-electron chi connectivity index (χ4n) is 4.13. The predicted octanol–water partition coefficient (Wildman–Crippen LogP) is 3.43. The van der Waals surface area contributed by atoms with Gasteiger partial charge in [0.2, 0.25) is 5.91 Å². The monoisotopic (exact) mass is 460 g/mol. The average molecular weight is 461 g/mol. The molecule has 31 heavy (non-hydrogen) atoms. The molecule has 2 aliphatic heterocycles. The SMILES string of the molecule is O=C1C[C@H](NCCCN2CCN(c3cccc(Cl)c3)CC2)C(=O)N1c1ccc(Cl)cc1. The predicted molar refractivity (Wildman–Crippen MR) is 125 cm³/mol. The van der Waals surface area contributed by atoms with Crippen LogP contribution in [-0.4, -0.2) is 62.0 Å². The molecule has 164 valence electrons. The van der Waals surface area contributed by atoms with Gasteiger partial charge in [0.25, 0.3) is 5.91 Å². The molecule has 2 fully saturated rings. The molecule has 2 heterocycles. The van der Waals surface area contributed by atoms with Crippen molar-refractivity contribution in [2.75, 3.05) is 49.1 Å². The lowest BCUT2D eigenvalue weighted by atomic mass is 10.2. The minimum atomic E-state index is -0.456. The maximum absolute atomic E-state index is 12.7. The third-order valence-corrected chi connectivity index (χ3v) is 6.31. The lowest BCUT2D eigenvalue weighted by Crippen LogP contribution is -2.47. The maximum Gasteiger partial charge on any atom is 0.251 e. The van der Waals surface area contributed by atoms with Crippen LogP contribution in [0.1, 0.15) is 12.8 Å². The van der Waals surface area contributed by atoms with Crippen LogP contribution < -0.4 is 15.1 Å². The number of amides is 2. The fraction of sp³-hybridized carbons (Fsp3) is 0.391. The van der Waals surface area contributed by atoms with E-state index in [1.807, 2.05) is 18.2 Å². The smallest absolute Gasteiger partial charge is 0.251 e. The molecule has 1 N–H and O–H groups in total. The molecule has 0 aromatic heterocycles. The molecule has 2 saturated heterocycles. The second-order valence-electron chi connectivity index (χ2n) is 7.92. The summed E-state index contributed by atoms with van der Waals surface area (Å²) in [6, 6.07) is 14.3. The summed E-state index contributed by atoms with van der Waals surface area (Å²) in [4.78, 5) is 31.1. The van der Waals surface area contributed by atoms with Gasteiger partial charge < -0.3 is 10.2 Å². The maximum atomic E-state index is 12.7. The summed E-state index contributed by atoms with van der Waals surface area (Å²) in [6.45, 7) is 5.60. The Balaban J connectivity index is 1.19. The van der Waals surface area contributed by atoms with Gasteiger partial charge in [0.15, 0.2) is 0 Å². The molecule has 4 rings (SSSR count). The van der Waals surface area contributed by atoms with Crippen molar-refractivity contribution in [3.05, 3.63) is 58.6 Å². The molecule has 8 heteroatoms. The van der Waals surface area contributed by atoms with Crippen molar-refractivity contribution in [3.8, 4) is 0 Å². The molecule has 2 aliphatic rings. The number of nitrogens with one attached hydrogen (secondary N) is 1. The Morgan fingerprint density at radius 2 is 1.65 bits per heavy atom. The minimum Gasteiger partial charge on any atom is -0.369 e. The van der Waals surface area contributed by atoms with Gasteiger partial charge in [-0.3, -0.25) is 14.5 Å². The largest absolute Gasteiger partial charge is 0.369 e. The molecule has 0 spiro atoms. The molecule has 2 aromatic carbocycles. The van der Waals surface area contributed by atoms with E-state index in [-0.39, 0.29) is 18.2 Å². The van der Waals surface area contributed by atoms with Crippen molar-refractivity contribution < 1.29 is 9.59 Å². The Hall–Kier alpha value is -2.12. The minimum absolute atomic E-state index is 0.179. The highest BCUT2D eigenvalue weighted by molar-refractivity contribution is 6.31. The average Bonchev–Trinajstić information content (AvgIpc) is 3.05. The lowest BCUT2D eigenvalue weighted by molar-refractivity contribution is -0.121. The Labute approximate surface area is 192 Å². The zero-order valence-electron chi connectivity index (χ0n) is 17.3. The Bertz CT molecular complexity index is 929. The van der Waals surface area contributed by atoms with Gasteiger partial charge in [-0.2, -0.15) is 0 Å². The Morgan fingerprint density at radius 1 is 0.903 bits per heavy atom. The molecule has 0 saturated carbocycles. The highest BCUT2D eigenvalue weighted by atomic mass is 35.5. The molecule has 0 unspecified atom stereocenters. The summed E-state index contributed by atoms with van der Waals surface area (Å²) in [7, 11) is 0. The van der Waals surface area contributed by atoms with Crippen LogP contribution in [0.4, 0.5) is 11.4 Å². The van der Waals surface area contributed by atoms with E-state index in [1.165, 1.54) is 10.6 Å². The Kier molecular flexibility index (Phi) is 7.13. The van der Waals surface area contributed by atoms with Crippen LogP contribution >= 0.6 is 23.2 Å². The first-order valence-electron chi connectivity index (χ1n) is 10.6. The fourth-order valence-corrected chi connectivity index (χ4v) is 4.44. The molecule has 1 atom stereocenters. The summed E-state index contributed by atoms with van der Waals surface area (Å²) in [5.41, 5.74) is 1.74. The normalized spacial score (nSPS) is 20.0. The summed E-state index contributed by atoms with van der Waals surface area (Å²) in [5.74, 6) is -0.371. The molecule has 2 amide bonds. The van der Waals surface area contributed by atoms with Gasteiger partial charge in [0, 0.05) is 41.9 Å². The van der Waals surface area contributed by atoms with Gasteiger partial charge in [-0.05, 0) is 62.0 Å².